The molecule has 1 saturated carbocycles. The van der Waals surface area contributed by atoms with E-state index in [1.807, 2.05) is 0 Å². The van der Waals surface area contributed by atoms with Crippen LogP contribution in [0.5, 0.6) is 5.75 Å². The molecular formula is C20H28FN4O4+. The number of hydrazine groups is 1. The fourth-order valence-corrected chi connectivity index (χ4v) is 3.98. The largest absolute Gasteiger partial charge is 0.494 e. The summed E-state index contributed by atoms with van der Waals surface area (Å²) in [5.41, 5.74) is 2.24. The SMILES string of the molecule is COc1ccc(C[NH+](C)CC(=O)NN2C(=O)NC3(CCC(C)CC3)C2=O)cc1F. The molecule has 2 fully saturated rings. The van der Waals surface area contributed by atoms with Gasteiger partial charge in [-0.1, -0.05) is 6.92 Å². The molecule has 158 valence electrons. The number of urea groups is 1. The zero-order valence-electron chi connectivity index (χ0n) is 17.0. The Morgan fingerprint density at radius 2 is 2.07 bits per heavy atom. The van der Waals surface area contributed by atoms with Crippen LogP contribution in [0.3, 0.4) is 0 Å². The number of ether oxygens (including phenoxy) is 1. The van der Waals surface area contributed by atoms with E-state index < -0.39 is 29.2 Å². The van der Waals surface area contributed by atoms with Gasteiger partial charge in [-0.05, 0) is 49.8 Å². The number of nitrogens with zero attached hydrogens (tertiary/aromatic N) is 1. The number of carbonyl (C=O) groups excluding carboxylic acids is 3. The molecule has 1 aliphatic carbocycles. The molecule has 1 heterocycles. The molecule has 8 nitrogen and oxygen atoms in total. The molecule has 1 unspecified atom stereocenters. The molecule has 1 atom stereocenters. The zero-order chi connectivity index (χ0) is 21.2. The van der Waals surface area contributed by atoms with Crippen molar-refractivity contribution >= 4 is 17.8 Å². The first-order chi connectivity index (χ1) is 13.7. The van der Waals surface area contributed by atoms with Crippen LogP contribution in [0.2, 0.25) is 0 Å². The lowest BCUT2D eigenvalue weighted by Crippen LogP contribution is -3.09. The number of carbonyl (C=O) groups is 3. The second kappa shape index (κ2) is 8.36. The summed E-state index contributed by atoms with van der Waals surface area (Å²) >= 11 is 0. The number of likely N-dealkylation sites (N-methyl/N-ethyl adjacent to an activating group) is 1. The van der Waals surface area contributed by atoms with E-state index >= 15 is 0 Å². The molecule has 1 spiro atoms. The summed E-state index contributed by atoms with van der Waals surface area (Å²) < 4.78 is 18.7. The van der Waals surface area contributed by atoms with E-state index in [0.717, 1.165) is 22.8 Å². The number of hydrogen-bond acceptors (Lipinski definition) is 4. The number of amides is 4. The van der Waals surface area contributed by atoms with Gasteiger partial charge in [0.05, 0.1) is 14.2 Å². The Hall–Kier alpha value is -2.68. The van der Waals surface area contributed by atoms with Gasteiger partial charge >= 0.3 is 6.03 Å². The summed E-state index contributed by atoms with van der Waals surface area (Å²) in [6, 6.07) is 4.04. The van der Waals surface area contributed by atoms with Crippen LogP contribution >= 0.6 is 0 Å². The van der Waals surface area contributed by atoms with Gasteiger partial charge in [-0.2, -0.15) is 5.01 Å². The highest BCUT2D eigenvalue weighted by Gasteiger charge is 2.53. The maximum atomic E-state index is 13.8. The molecule has 1 saturated heterocycles. The third kappa shape index (κ3) is 4.50. The number of hydrogen-bond donors (Lipinski definition) is 3. The minimum Gasteiger partial charge on any atom is -0.494 e. The highest BCUT2D eigenvalue weighted by molar-refractivity contribution is 6.08. The van der Waals surface area contributed by atoms with Crippen molar-refractivity contribution in [3.63, 3.8) is 0 Å². The first kappa shape index (κ1) is 21.0. The maximum Gasteiger partial charge on any atom is 0.344 e. The van der Waals surface area contributed by atoms with E-state index in [4.69, 9.17) is 4.74 Å². The molecule has 9 heteroatoms. The third-order valence-electron chi connectivity index (χ3n) is 5.71. The first-order valence-corrected chi connectivity index (χ1v) is 9.84. The minimum absolute atomic E-state index is 0.0226. The molecule has 1 aromatic rings. The summed E-state index contributed by atoms with van der Waals surface area (Å²) in [6.45, 7) is 2.55. The summed E-state index contributed by atoms with van der Waals surface area (Å²) in [7, 11) is 3.17. The van der Waals surface area contributed by atoms with Gasteiger partial charge in [-0.3, -0.25) is 15.0 Å². The second-order valence-corrected chi connectivity index (χ2v) is 8.15. The number of quaternary nitrogens is 1. The lowest BCUT2D eigenvalue weighted by atomic mass is 9.77. The Balaban J connectivity index is 1.55. The summed E-state index contributed by atoms with van der Waals surface area (Å²) in [5, 5.41) is 3.57. The zero-order valence-corrected chi connectivity index (χ0v) is 17.0. The minimum atomic E-state index is -0.893. The van der Waals surface area contributed by atoms with Gasteiger partial charge in [0.1, 0.15) is 12.1 Å². The molecule has 29 heavy (non-hydrogen) atoms. The van der Waals surface area contributed by atoms with E-state index in [-0.39, 0.29) is 12.3 Å². The van der Waals surface area contributed by atoms with Crippen LogP contribution in [-0.4, -0.2) is 49.1 Å². The molecule has 0 aromatic heterocycles. The molecule has 0 bridgehead atoms. The number of rotatable bonds is 6. The van der Waals surface area contributed by atoms with Gasteiger partial charge in [0, 0.05) is 5.56 Å². The van der Waals surface area contributed by atoms with Gasteiger partial charge in [0.2, 0.25) is 0 Å². The molecule has 2 aliphatic rings. The number of methoxy groups -OCH3 is 1. The van der Waals surface area contributed by atoms with Crippen LogP contribution in [0.4, 0.5) is 9.18 Å². The predicted octanol–water partition coefficient (Wildman–Crippen LogP) is 0.381. The lowest BCUT2D eigenvalue weighted by molar-refractivity contribution is -0.885. The molecular weight excluding hydrogens is 379 g/mol. The summed E-state index contributed by atoms with van der Waals surface area (Å²) in [4.78, 5) is 38.2. The van der Waals surface area contributed by atoms with Crippen LogP contribution in [0.15, 0.2) is 18.2 Å². The van der Waals surface area contributed by atoms with Crippen molar-refractivity contribution < 1.29 is 28.4 Å². The normalized spacial score (nSPS) is 25.1. The highest BCUT2D eigenvalue weighted by atomic mass is 19.1. The summed E-state index contributed by atoms with van der Waals surface area (Å²) in [6.07, 6.45) is 2.89. The molecule has 3 N–H and O–H groups in total. The van der Waals surface area contributed by atoms with Gasteiger partial charge < -0.3 is 15.0 Å². The quantitative estimate of drug-likeness (QED) is 0.595. The average molecular weight is 407 g/mol. The fraction of sp³-hybridized carbons (Fsp3) is 0.550. The van der Waals surface area contributed by atoms with E-state index in [9.17, 15) is 18.8 Å². The van der Waals surface area contributed by atoms with Gasteiger partial charge in [0.15, 0.2) is 18.1 Å². The van der Waals surface area contributed by atoms with E-state index in [0.29, 0.717) is 30.9 Å². The van der Waals surface area contributed by atoms with Crippen molar-refractivity contribution in [2.24, 2.45) is 5.92 Å². The Morgan fingerprint density at radius 1 is 1.38 bits per heavy atom. The van der Waals surface area contributed by atoms with Crippen molar-refractivity contribution in [1.82, 2.24) is 15.8 Å². The fourth-order valence-electron chi connectivity index (χ4n) is 3.98. The van der Waals surface area contributed by atoms with Gasteiger partial charge in [-0.25, -0.2) is 9.18 Å². The topological polar surface area (TPSA) is 92.2 Å². The summed E-state index contributed by atoms with van der Waals surface area (Å²) in [5.74, 6) is -0.629. The van der Waals surface area contributed by atoms with Crippen molar-refractivity contribution in [2.75, 3.05) is 20.7 Å². The lowest BCUT2D eigenvalue weighted by Gasteiger charge is -2.33. The number of nitrogens with one attached hydrogen (secondary N) is 3. The standard InChI is InChI=1S/C20H27FN4O4/c1-13-6-8-20(9-7-13)18(27)25(19(28)22-20)23-17(26)12-24(2)11-14-4-5-16(29-3)15(21)10-14/h4-5,10,13H,6-9,11-12H2,1-3H3,(H,22,28)(H,23,26)/p+1. The Morgan fingerprint density at radius 3 is 2.69 bits per heavy atom. The Labute approximate surface area is 169 Å². The van der Waals surface area contributed by atoms with Crippen LogP contribution < -0.4 is 20.4 Å². The smallest absolute Gasteiger partial charge is 0.344 e. The van der Waals surface area contributed by atoms with E-state index in [1.165, 1.54) is 19.2 Å². The molecule has 1 aromatic carbocycles. The molecule has 1 aliphatic heterocycles. The maximum absolute atomic E-state index is 13.8. The van der Waals surface area contributed by atoms with Crippen molar-refractivity contribution in [1.29, 1.82) is 0 Å². The van der Waals surface area contributed by atoms with Gasteiger partial charge in [-0.15, -0.1) is 0 Å². The molecule has 0 radical (unpaired) electrons. The van der Waals surface area contributed by atoms with Crippen molar-refractivity contribution in [2.45, 2.75) is 44.7 Å². The Kier molecular flexibility index (Phi) is 6.07. The van der Waals surface area contributed by atoms with E-state index in [2.05, 4.69) is 17.7 Å². The van der Waals surface area contributed by atoms with Crippen LogP contribution in [0.1, 0.15) is 38.2 Å². The average Bonchev–Trinajstić information content (AvgIpc) is 2.88. The van der Waals surface area contributed by atoms with Crippen molar-refractivity contribution in [3.05, 3.63) is 29.6 Å². The predicted molar refractivity (Wildman–Crippen MR) is 102 cm³/mol. The Bertz CT molecular complexity index is 808. The van der Waals surface area contributed by atoms with Gasteiger partial charge in [0.25, 0.3) is 11.8 Å². The monoisotopic (exact) mass is 407 g/mol. The third-order valence-corrected chi connectivity index (χ3v) is 5.71. The second-order valence-electron chi connectivity index (χ2n) is 8.15. The number of halogens is 1. The van der Waals surface area contributed by atoms with Crippen LogP contribution in [0, 0.1) is 11.7 Å². The molecule has 4 amide bonds. The van der Waals surface area contributed by atoms with Crippen molar-refractivity contribution in [3.8, 4) is 5.75 Å². The number of imide groups is 1. The van der Waals surface area contributed by atoms with E-state index in [1.54, 1.807) is 13.1 Å². The highest BCUT2D eigenvalue weighted by Crippen LogP contribution is 2.35. The van der Waals surface area contributed by atoms with Crippen LogP contribution in [-0.2, 0) is 16.1 Å². The molecule has 3 rings (SSSR count). The van der Waals surface area contributed by atoms with Crippen LogP contribution in [0.25, 0.3) is 0 Å². The number of benzene rings is 1. The first-order valence-electron chi connectivity index (χ1n) is 9.84.